The number of carbonyl (C=O) groups excluding carboxylic acids is 1. The van der Waals surface area contributed by atoms with E-state index >= 15 is 0 Å². The number of aliphatic hydroxyl groups is 2. The number of benzene rings is 5. The van der Waals surface area contributed by atoms with Gasteiger partial charge in [0.15, 0.2) is 59.9 Å². The van der Waals surface area contributed by atoms with Gasteiger partial charge in [0.1, 0.15) is 114 Å². The van der Waals surface area contributed by atoms with Crippen LogP contribution >= 0.6 is 0 Å². The maximum atomic E-state index is 12.1. The molecule has 148 heavy (non-hydrogen) atoms. The second kappa shape index (κ2) is 54.0. The molecule has 0 fully saturated rings. The number of allylic oxidation sites excluding steroid dienone is 1. The summed E-state index contributed by atoms with van der Waals surface area (Å²) in [7, 11) is -11.5. The van der Waals surface area contributed by atoms with Crippen LogP contribution in [0.15, 0.2) is 243 Å². The van der Waals surface area contributed by atoms with Crippen LogP contribution in [0.5, 0.6) is 92.0 Å². The smallest absolute Gasteiger partial charge is 0.383 e. The van der Waals surface area contributed by atoms with Gasteiger partial charge in [-0.25, -0.2) is 18.0 Å². The minimum absolute atomic E-state index is 0.00102. The molecule has 38 nitrogen and oxygen atoms in total. The highest BCUT2D eigenvalue weighted by Gasteiger charge is 2.30. The number of carbonyl (C=O) groups is 1. The fraction of sp³-hybridized carbons (Fsp3) is 0.202. The van der Waals surface area contributed by atoms with Crippen molar-refractivity contribution >= 4 is 99.6 Å². The average molecular weight is 2110 g/mol. The Morgan fingerprint density at radius 2 is 0.588 bits per heavy atom. The fourth-order valence-corrected chi connectivity index (χ4v) is 15.1. The minimum atomic E-state index is -3.83. The second-order valence-electron chi connectivity index (χ2n) is 31.2. The minimum Gasteiger partial charge on any atom is -0.502 e. The molecule has 0 amide bonds. The maximum Gasteiger partial charge on any atom is 0.383 e. The molecule has 0 bridgehead atoms. The number of esters is 1. The molecule has 9 aromatic heterocycles. The Hall–Kier alpha value is -17.1. The van der Waals surface area contributed by atoms with E-state index in [2.05, 4.69) is 57.6 Å². The van der Waals surface area contributed by atoms with E-state index in [0.29, 0.717) is 84.4 Å². The van der Waals surface area contributed by atoms with Gasteiger partial charge in [0, 0.05) is 73.0 Å². The lowest BCUT2D eigenvalue weighted by atomic mass is 10.1. The molecular formula is C104H105F3N4O34S3. The summed E-state index contributed by atoms with van der Waals surface area (Å²) in [5.74, 6) is -2.87. The van der Waals surface area contributed by atoms with Gasteiger partial charge in [-0.3, -0.25) is 22.5 Å². The molecule has 0 spiro atoms. The third-order valence-electron chi connectivity index (χ3n) is 20.3. The number of halogens is 3. The van der Waals surface area contributed by atoms with Crippen LogP contribution in [0, 0.1) is 20.8 Å². The first kappa shape index (κ1) is 113. The molecule has 0 saturated carbocycles. The van der Waals surface area contributed by atoms with E-state index < -0.39 is 67.9 Å². The molecule has 0 saturated heterocycles. The number of furan rings is 5. The van der Waals surface area contributed by atoms with Crippen molar-refractivity contribution < 1.29 is 172 Å². The highest BCUT2D eigenvalue weighted by molar-refractivity contribution is 7.87. The van der Waals surface area contributed by atoms with E-state index in [1.165, 1.54) is 54.9 Å². The number of H-pyrrole nitrogens is 2. The van der Waals surface area contributed by atoms with Crippen molar-refractivity contribution in [1.29, 1.82) is 0 Å². The lowest BCUT2D eigenvalue weighted by Crippen LogP contribution is -2.13. The molecule has 14 N–H and O–H groups in total. The van der Waals surface area contributed by atoms with E-state index in [4.69, 9.17) is 68.2 Å². The second-order valence-corrected chi connectivity index (χ2v) is 36.1. The quantitative estimate of drug-likeness (QED) is 0.00968. The largest absolute Gasteiger partial charge is 0.502 e. The Morgan fingerprint density at radius 3 is 0.872 bits per heavy atom. The Bertz CT molecular complexity index is 7550. The molecular weight excluding hydrogens is 2000 g/mol. The lowest BCUT2D eigenvalue weighted by molar-refractivity contribution is -0.135. The summed E-state index contributed by atoms with van der Waals surface area (Å²) >= 11 is 0. The summed E-state index contributed by atoms with van der Waals surface area (Å²) in [5.41, 5.74) is 8.36. The lowest BCUT2D eigenvalue weighted by Gasteiger charge is -2.08. The molecule has 1 aliphatic heterocycles. The topological polar surface area (TPSA) is 578 Å². The highest BCUT2D eigenvalue weighted by atomic mass is 32.2. The number of aryl methyl sites for hydroxylation is 3. The predicted molar refractivity (Wildman–Crippen MR) is 532 cm³/mol. The van der Waals surface area contributed by atoms with Gasteiger partial charge in [0.2, 0.25) is 69.0 Å². The summed E-state index contributed by atoms with van der Waals surface area (Å²) < 4.78 is 185. The number of alkyl halides is 3. The van der Waals surface area contributed by atoms with Gasteiger partial charge in [0.05, 0.1) is 27.1 Å². The van der Waals surface area contributed by atoms with Gasteiger partial charge in [0.25, 0.3) is 30.4 Å². The van der Waals surface area contributed by atoms with Crippen LogP contribution in [-0.2, 0) is 91.0 Å². The number of aromatic nitrogens is 4. The van der Waals surface area contributed by atoms with E-state index in [-0.39, 0.29) is 192 Å². The maximum absolute atomic E-state index is 12.1. The molecule has 1 aliphatic rings. The predicted octanol–water partition coefficient (Wildman–Crippen LogP) is 9.39. The number of nitrogens with one attached hydrogen (secondary N) is 2. The first-order valence-corrected chi connectivity index (χ1v) is 48.6. The van der Waals surface area contributed by atoms with Gasteiger partial charge in [-0.05, 0) is 166 Å². The number of aromatic amines is 2. The van der Waals surface area contributed by atoms with Crippen LogP contribution in [0.2, 0.25) is 0 Å². The average Bonchev–Trinajstić information content (AvgIpc) is 1.74. The molecule has 44 heteroatoms. The molecule has 14 aromatic rings. The summed E-state index contributed by atoms with van der Waals surface area (Å²) in [6.45, 7) is 21.0. The van der Waals surface area contributed by atoms with Crippen molar-refractivity contribution in [3.63, 3.8) is 0 Å². The Balaban J connectivity index is 0.000000184. The number of cyclic esters (lactones) is 1. The van der Waals surface area contributed by atoms with Gasteiger partial charge in [-0.15, -0.1) is 0 Å². The highest BCUT2D eigenvalue weighted by Crippen LogP contribution is 2.27. The Labute approximate surface area is 843 Å². The van der Waals surface area contributed by atoms with Crippen molar-refractivity contribution in [1.82, 2.24) is 19.9 Å². The van der Waals surface area contributed by atoms with Crippen molar-refractivity contribution in [3.8, 4) is 92.0 Å². The van der Waals surface area contributed by atoms with Crippen molar-refractivity contribution in [3.05, 3.63) is 311 Å². The normalized spacial score (nSPS) is 12.8. The van der Waals surface area contributed by atoms with Gasteiger partial charge < -0.3 is 126 Å². The Kier molecular flexibility index (Phi) is 41.2. The first-order chi connectivity index (χ1) is 70.6. The van der Waals surface area contributed by atoms with E-state index in [1.807, 2.05) is 45.0 Å². The SMILES string of the molecule is C=c1o/c(=C/Cc2cc(OCCOS(=O)(=O)c3ccc(C)cc3)c[nH]2)c(O)c1O.C=c1o/c(=C/Cc2ccc(OCCF)cc2)c(O)c1O.C=c1o/c(=C/Cc2ccc(OCCF)cn2)c(O)c1O.C=c1o/c(=C/Cc2ccc(OCCOS(=O)(=O)c3ccc(C)cc3)cc2)c(O)c1O.C=c1o/c(=C/Cc2ccc(OCCOS(=O)(=O)c3ccc(C)cc3)cn2)c(O)c1O.O=C1O/C(=C/Cc2cc(OCCF)c[nH]2)C(O)=C1O. The van der Waals surface area contributed by atoms with Crippen molar-refractivity contribution in [2.75, 3.05) is 79.5 Å². The van der Waals surface area contributed by atoms with Gasteiger partial charge in [-0.2, -0.15) is 25.3 Å². The molecule has 10 heterocycles. The molecule has 0 unspecified atom stereocenters. The molecule has 0 atom stereocenters. The number of pyridine rings is 2. The van der Waals surface area contributed by atoms with Crippen molar-refractivity contribution in [2.45, 2.75) is 74.0 Å². The van der Waals surface area contributed by atoms with E-state index in [9.17, 15) is 99.4 Å². The summed E-state index contributed by atoms with van der Waals surface area (Å²) in [6.07, 6.45) is 18.0. The number of hydrogen-bond donors (Lipinski definition) is 14. The molecule has 5 aromatic carbocycles. The first-order valence-electron chi connectivity index (χ1n) is 44.4. The summed E-state index contributed by atoms with van der Waals surface area (Å²) in [6, 6.07) is 43.6. The van der Waals surface area contributed by atoms with Crippen LogP contribution in [0.3, 0.4) is 0 Å². The number of ether oxygens (including phenoxy) is 7. The fourth-order valence-electron chi connectivity index (χ4n) is 12.5. The third-order valence-corrected chi connectivity index (χ3v) is 24.3. The summed E-state index contributed by atoms with van der Waals surface area (Å²) in [4.78, 5) is 25.4. The molecule has 0 radical (unpaired) electrons. The number of nitrogens with zero attached hydrogens (tertiary/aromatic N) is 2. The molecule has 784 valence electrons. The van der Waals surface area contributed by atoms with E-state index in [1.54, 1.807) is 140 Å². The standard InChI is InChI=1S/C22H22O7S.C21H21NO7S.C20H21NO7S.C15H15FO4.C14H14FNO4.C12H12FNO5/c1-15-3-10-19(11-4-15)30(25,26)28-14-13-27-18-8-5-17(6-9-18)7-12-20-22(24)21(23)16(2)29-20;1-14-3-8-18(9-4-14)30(25,26)28-12-11-27-17-7-5-16(22-13-17)6-10-19-21(24)20(23)15(2)29-19;1-13-3-6-17(7-4-13)29(24,25)27-10-9-26-16-11-15(21-12-16)5-8-18-20(23)19(22)14(2)28-18;1-10-14(17)15(18)13(20-10)7-4-11-2-5-12(6-3-11)19-9-8-16;1-9-13(17)14(18)12(20-9)5-3-10-2-4-11(8-16-10)19-7-6-15;13-3-4-18-8-5-7(14-6-8)1-2-9-10(15)11(16)12(17)19-9/h3-6,8-12,23-24H,2,7,13-14H2,1H3;3-5,7-10,13,23-24H,2,6,11-12H2,1H3;3-4,6-8,11-12,21-23H,2,5,9-10H2,1H3;2-3,5-7,17-18H,1,4,8-9H2;2,4-5,8,17-18H,1,3,6-7H2;2,5-6,14-16H,1,3-4H2/b20-12+;19-10+;18-8+;13-7+;12-5+;9-2+. The van der Waals surface area contributed by atoms with Crippen LogP contribution in [0.4, 0.5) is 13.2 Å². The number of hydrogen-bond acceptors (Lipinski definition) is 36. The zero-order chi connectivity index (χ0) is 107. The van der Waals surface area contributed by atoms with Crippen molar-refractivity contribution in [2.24, 2.45) is 0 Å². The zero-order valence-electron chi connectivity index (χ0n) is 79.6. The number of rotatable bonds is 39. The third kappa shape index (κ3) is 33.5. The number of aromatic hydroxyl groups is 10. The molecule has 0 aliphatic carbocycles. The monoisotopic (exact) mass is 2110 g/mol. The summed E-state index contributed by atoms with van der Waals surface area (Å²) in [5, 5.41) is 114. The Morgan fingerprint density at radius 1 is 0.318 bits per heavy atom. The zero-order valence-corrected chi connectivity index (χ0v) is 82.1. The van der Waals surface area contributed by atoms with Crippen LogP contribution in [-0.4, -0.2) is 192 Å². The van der Waals surface area contributed by atoms with Gasteiger partial charge >= 0.3 is 5.97 Å². The van der Waals surface area contributed by atoms with E-state index in [0.717, 1.165) is 39.2 Å². The van der Waals surface area contributed by atoms with Gasteiger partial charge in [-0.1, -0.05) is 110 Å². The van der Waals surface area contributed by atoms with Crippen LogP contribution < -0.4 is 82.6 Å². The van der Waals surface area contributed by atoms with Crippen LogP contribution in [0.25, 0.3) is 63.3 Å². The number of aliphatic hydroxyl groups excluding tert-OH is 2. The van der Waals surface area contributed by atoms with Crippen LogP contribution in [0.1, 0.15) is 50.6 Å². The molecule has 15 rings (SSSR count).